The quantitative estimate of drug-likeness (QED) is 0.637. The summed E-state index contributed by atoms with van der Waals surface area (Å²) >= 11 is 0. The molecule has 0 saturated carbocycles. The van der Waals surface area contributed by atoms with Crippen molar-refractivity contribution in [1.29, 1.82) is 0 Å². The lowest BCUT2D eigenvalue weighted by atomic mass is 9.90. The molecule has 2 fully saturated rings. The molecule has 3 heterocycles. The van der Waals surface area contributed by atoms with Gasteiger partial charge in [-0.15, -0.1) is 0 Å². The molecule has 0 spiro atoms. The van der Waals surface area contributed by atoms with Crippen LogP contribution in [-0.4, -0.2) is 82.5 Å². The topological polar surface area (TPSA) is 44.6 Å². The van der Waals surface area contributed by atoms with Gasteiger partial charge in [0, 0.05) is 70.7 Å². The number of rotatable bonds is 8. The second kappa shape index (κ2) is 11.1. The van der Waals surface area contributed by atoms with Crippen molar-refractivity contribution in [2.45, 2.75) is 45.6 Å². The second-order valence-electron chi connectivity index (χ2n) is 9.77. The molecule has 4 rings (SSSR count). The molecule has 1 aromatic carbocycles. The lowest BCUT2D eigenvalue weighted by molar-refractivity contribution is -0.134. The number of carbonyl (C=O) groups excluding carboxylic acids is 1. The Morgan fingerprint density at radius 3 is 2.34 bits per heavy atom. The van der Waals surface area contributed by atoms with Gasteiger partial charge in [-0.3, -0.25) is 14.6 Å². The first-order valence-corrected chi connectivity index (χ1v) is 12.4. The number of imidazole rings is 1. The van der Waals surface area contributed by atoms with Crippen molar-refractivity contribution in [3.63, 3.8) is 0 Å². The lowest BCUT2D eigenvalue weighted by Crippen LogP contribution is -2.51. The van der Waals surface area contributed by atoms with Crippen LogP contribution in [0.15, 0.2) is 42.7 Å². The minimum absolute atomic E-state index is 0.316. The third-order valence-corrected chi connectivity index (χ3v) is 7.08. The van der Waals surface area contributed by atoms with Gasteiger partial charge in [0.2, 0.25) is 5.91 Å². The lowest BCUT2D eigenvalue weighted by Gasteiger charge is -2.37. The smallest absolute Gasteiger partial charge is 0.236 e. The van der Waals surface area contributed by atoms with E-state index >= 15 is 0 Å². The van der Waals surface area contributed by atoms with E-state index in [1.807, 2.05) is 6.20 Å². The number of carbonyl (C=O) groups is 1. The first kappa shape index (κ1) is 23.0. The molecule has 0 radical (unpaired) electrons. The highest BCUT2D eigenvalue weighted by Crippen LogP contribution is 2.22. The summed E-state index contributed by atoms with van der Waals surface area (Å²) in [6, 6.07) is 10.8. The third kappa shape index (κ3) is 6.20. The van der Waals surface area contributed by atoms with E-state index in [9.17, 15) is 4.79 Å². The Bertz CT molecular complexity index is 833. The third-order valence-electron chi connectivity index (χ3n) is 7.08. The minimum atomic E-state index is 0.316. The summed E-state index contributed by atoms with van der Waals surface area (Å²) < 4.78 is 2.28. The van der Waals surface area contributed by atoms with Crippen molar-refractivity contribution in [2.75, 3.05) is 52.4 Å². The summed E-state index contributed by atoms with van der Waals surface area (Å²) in [5.41, 5.74) is 1.42. The van der Waals surface area contributed by atoms with Gasteiger partial charge in [-0.25, -0.2) is 4.98 Å². The van der Waals surface area contributed by atoms with Crippen molar-refractivity contribution in [3.05, 3.63) is 54.1 Å². The van der Waals surface area contributed by atoms with E-state index in [2.05, 4.69) is 74.6 Å². The number of hydrogen-bond acceptors (Lipinski definition) is 4. The predicted octanol–water partition coefficient (Wildman–Crippen LogP) is 3.11. The Morgan fingerprint density at radius 2 is 1.66 bits per heavy atom. The number of aromatic nitrogens is 2. The van der Waals surface area contributed by atoms with Gasteiger partial charge < -0.3 is 9.47 Å². The van der Waals surface area contributed by atoms with Crippen molar-refractivity contribution >= 4 is 5.91 Å². The fourth-order valence-corrected chi connectivity index (χ4v) is 5.06. The van der Waals surface area contributed by atoms with E-state index in [1.165, 1.54) is 11.4 Å². The van der Waals surface area contributed by atoms with Gasteiger partial charge in [0.15, 0.2) is 0 Å². The number of benzene rings is 1. The molecule has 2 aromatic rings. The van der Waals surface area contributed by atoms with Gasteiger partial charge in [-0.2, -0.15) is 0 Å². The van der Waals surface area contributed by atoms with E-state index in [0.717, 1.165) is 71.6 Å². The molecule has 0 atom stereocenters. The number of nitrogens with zero attached hydrogens (tertiary/aromatic N) is 5. The van der Waals surface area contributed by atoms with Crippen LogP contribution in [0.4, 0.5) is 0 Å². The first-order valence-electron chi connectivity index (χ1n) is 12.4. The Hall–Kier alpha value is -2.18. The Balaban J connectivity index is 1.14. The van der Waals surface area contributed by atoms with Crippen LogP contribution in [0, 0.1) is 5.92 Å². The molecule has 2 aliphatic rings. The number of likely N-dealkylation sites (tertiary alicyclic amines) is 1. The fourth-order valence-electron chi connectivity index (χ4n) is 5.06. The van der Waals surface area contributed by atoms with Crippen LogP contribution in [0.5, 0.6) is 0 Å². The summed E-state index contributed by atoms with van der Waals surface area (Å²) in [7, 11) is 0. The molecule has 2 saturated heterocycles. The van der Waals surface area contributed by atoms with Crippen LogP contribution in [0.1, 0.15) is 44.0 Å². The zero-order valence-corrected chi connectivity index (χ0v) is 19.8. The van der Waals surface area contributed by atoms with Crippen LogP contribution in [0.25, 0.3) is 0 Å². The molecular weight excluding hydrogens is 398 g/mol. The molecule has 2 aliphatic heterocycles. The fraction of sp³-hybridized carbons (Fsp3) is 0.615. The number of piperazine rings is 1. The molecular formula is C26H39N5O. The standard InChI is InChI=1S/C26H39N5O/c1-22(2)26-27-10-13-31(26)19-18-28-14-16-29(17-15-28)21-25(32)30-11-8-24(9-12-30)20-23-6-4-3-5-7-23/h3-7,10,13,22,24H,8-9,11-12,14-21H2,1-2H3. The van der Waals surface area contributed by atoms with Gasteiger partial charge in [0.1, 0.15) is 5.82 Å². The summed E-state index contributed by atoms with van der Waals surface area (Å²) in [5.74, 6) is 2.64. The van der Waals surface area contributed by atoms with E-state index < -0.39 is 0 Å². The van der Waals surface area contributed by atoms with Crippen molar-refractivity contribution < 1.29 is 4.79 Å². The average Bonchev–Trinajstić information content (AvgIpc) is 3.29. The zero-order valence-electron chi connectivity index (χ0n) is 19.8. The van der Waals surface area contributed by atoms with Crippen LogP contribution in [0.3, 0.4) is 0 Å². The highest BCUT2D eigenvalue weighted by atomic mass is 16.2. The van der Waals surface area contributed by atoms with E-state index in [-0.39, 0.29) is 0 Å². The van der Waals surface area contributed by atoms with Crippen LogP contribution < -0.4 is 0 Å². The number of hydrogen-bond donors (Lipinski definition) is 0. The van der Waals surface area contributed by atoms with Gasteiger partial charge >= 0.3 is 0 Å². The van der Waals surface area contributed by atoms with E-state index in [0.29, 0.717) is 24.3 Å². The molecule has 32 heavy (non-hydrogen) atoms. The van der Waals surface area contributed by atoms with Crippen molar-refractivity contribution in [3.8, 4) is 0 Å². The summed E-state index contributed by atoms with van der Waals surface area (Å²) in [4.78, 5) is 24.3. The van der Waals surface area contributed by atoms with Gasteiger partial charge in [0.25, 0.3) is 0 Å². The minimum Gasteiger partial charge on any atom is -0.342 e. The second-order valence-corrected chi connectivity index (χ2v) is 9.77. The highest BCUT2D eigenvalue weighted by Gasteiger charge is 2.25. The van der Waals surface area contributed by atoms with Crippen molar-refractivity contribution in [2.24, 2.45) is 5.92 Å². The zero-order chi connectivity index (χ0) is 22.3. The molecule has 6 nitrogen and oxygen atoms in total. The monoisotopic (exact) mass is 437 g/mol. The van der Waals surface area contributed by atoms with Crippen LogP contribution in [0.2, 0.25) is 0 Å². The highest BCUT2D eigenvalue weighted by molar-refractivity contribution is 5.78. The average molecular weight is 438 g/mol. The van der Waals surface area contributed by atoms with Crippen molar-refractivity contribution in [1.82, 2.24) is 24.3 Å². The molecule has 1 aromatic heterocycles. The number of amides is 1. The van der Waals surface area contributed by atoms with E-state index in [4.69, 9.17) is 0 Å². The van der Waals surface area contributed by atoms with Crippen LogP contribution in [-0.2, 0) is 17.8 Å². The molecule has 0 N–H and O–H groups in total. The maximum atomic E-state index is 12.9. The van der Waals surface area contributed by atoms with Gasteiger partial charge in [0.05, 0.1) is 6.54 Å². The summed E-state index contributed by atoms with van der Waals surface area (Å²) in [5, 5.41) is 0. The summed E-state index contributed by atoms with van der Waals surface area (Å²) in [6.45, 7) is 12.9. The molecule has 174 valence electrons. The molecule has 0 bridgehead atoms. The molecule has 1 amide bonds. The van der Waals surface area contributed by atoms with Gasteiger partial charge in [-0.05, 0) is 30.7 Å². The Kier molecular flexibility index (Phi) is 7.98. The maximum absolute atomic E-state index is 12.9. The van der Waals surface area contributed by atoms with Gasteiger partial charge in [-0.1, -0.05) is 44.2 Å². The number of piperidine rings is 1. The normalized spacial score (nSPS) is 19.0. The Labute approximate surface area is 193 Å². The summed E-state index contributed by atoms with van der Waals surface area (Å²) in [6.07, 6.45) is 7.39. The van der Waals surface area contributed by atoms with E-state index in [1.54, 1.807) is 0 Å². The molecule has 0 aliphatic carbocycles. The Morgan fingerprint density at radius 1 is 0.969 bits per heavy atom. The first-order chi connectivity index (χ1) is 15.6. The predicted molar refractivity (Wildman–Crippen MR) is 129 cm³/mol. The molecule has 0 unspecified atom stereocenters. The SMILES string of the molecule is CC(C)c1nccn1CCN1CCN(CC(=O)N2CCC(Cc3ccccc3)CC2)CC1. The molecule has 6 heteroatoms. The van der Waals surface area contributed by atoms with Crippen LogP contribution >= 0.6 is 0 Å². The maximum Gasteiger partial charge on any atom is 0.236 e. The largest absolute Gasteiger partial charge is 0.342 e.